The van der Waals surface area contributed by atoms with Crippen molar-refractivity contribution in [2.75, 3.05) is 48.3 Å². The minimum absolute atomic E-state index is 0.0722. The van der Waals surface area contributed by atoms with Crippen LogP contribution in [0.4, 0.5) is 4.39 Å². The second kappa shape index (κ2) is 9.87. The van der Waals surface area contributed by atoms with Crippen LogP contribution >= 0.6 is 0 Å². The molecular weight excluding hydrogens is 357 g/mol. The summed E-state index contributed by atoms with van der Waals surface area (Å²) in [6, 6.07) is 6.65. The van der Waals surface area contributed by atoms with Gasteiger partial charge in [0, 0.05) is 34.2 Å². The van der Waals surface area contributed by atoms with Gasteiger partial charge >= 0.3 is 0 Å². The predicted octanol–water partition coefficient (Wildman–Crippen LogP) is 2.24. The molecule has 1 aromatic rings. The van der Waals surface area contributed by atoms with Crippen molar-refractivity contribution >= 4 is 11.9 Å². The van der Waals surface area contributed by atoms with Gasteiger partial charge in [-0.25, -0.2) is 4.39 Å². The van der Waals surface area contributed by atoms with E-state index in [-0.39, 0.29) is 23.2 Å². The monoisotopic (exact) mass is 391 g/mol. The summed E-state index contributed by atoms with van der Waals surface area (Å²) in [6.07, 6.45) is 3.98. The molecule has 1 unspecified atom stereocenters. The van der Waals surface area contributed by atoms with Gasteiger partial charge in [-0.05, 0) is 44.6 Å². The van der Waals surface area contributed by atoms with Crippen LogP contribution in [0, 0.1) is 11.2 Å². The summed E-state index contributed by atoms with van der Waals surface area (Å²) in [5.74, 6) is 0.622. The van der Waals surface area contributed by atoms with E-state index < -0.39 is 0 Å². The number of nitrogens with zero attached hydrogens (tertiary/aromatic N) is 3. The van der Waals surface area contributed by atoms with E-state index in [0.717, 1.165) is 31.2 Å². The van der Waals surface area contributed by atoms with Gasteiger partial charge in [0.05, 0.1) is 11.5 Å². The fraction of sp³-hybridized carbons (Fsp3) is 0.619. The molecule has 0 aliphatic heterocycles. The lowest BCUT2D eigenvalue weighted by Crippen LogP contribution is -2.50. The van der Waals surface area contributed by atoms with Crippen LogP contribution in [0.15, 0.2) is 29.3 Å². The zero-order chi connectivity index (χ0) is 20.7. The van der Waals surface area contributed by atoms with E-state index in [1.165, 1.54) is 12.1 Å². The third-order valence-corrected chi connectivity index (χ3v) is 5.58. The first-order chi connectivity index (χ1) is 13.3. The third kappa shape index (κ3) is 5.44. The molecule has 2 N–H and O–H groups in total. The lowest BCUT2D eigenvalue weighted by molar-refractivity contribution is -0.138. The van der Waals surface area contributed by atoms with Crippen LogP contribution in [-0.2, 0) is 4.79 Å². The number of halogens is 1. The van der Waals surface area contributed by atoms with Gasteiger partial charge in [0.2, 0.25) is 5.91 Å². The van der Waals surface area contributed by atoms with Crippen LogP contribution in [0.25, 0.3) is 0 Å². The fourth-order valence-electron chi connectivity index (χ4n) is 3.94. The summed E-state index contributed by atoms with van der Waals surface area (Å²) >= 11 is 0. The SMILES string of the molecule is CN=C(NCC(c1ccc(F)cc1)N(C)C)NCC1(C(=O)N(C)C)CCCC1. The topological polar surface area (TPSA) is 60.0 Å². The fourth-order valence-corrected chi connectivity index (χ4v) is 3.94. The second-order valence-corrected chi connectivity index (χ2v) is 8.02. The molecule has 28 heavy (non-hydrogen) atoms. The summed E-state index contributed by atoms with van der Waals surface area (Å²) < 4.78 is 13.2. The number of carbonyl (C=O) groups excluding carboxylic acids is 1. The zero-order valence-electron chi connectivity index (χ0n) is 17.8. The third-order valence-electron chi connectivity index (χ3n) is 5.58. The molecule has 2 rings (SSSR count). The van der Waals surface area contributed by atoms with Crippen molar-refractivity contribution in [2.24, 2.45) is 10.4 Å². The summed E-state index contributed by atoms with van der Waals surface area (Å²) in [4.78, 5) is 20.8. The number of rotatable bonds is 7. The van der Waals surface area contributed by atoms with Gasteiger partial charge in [-0.2, -0.15) is 0 Å². The number of aliphatic imine (C=N–C) groups is 1. The molecule has 0 aromatic heterocycles. The van der Waals surface area contributed by atoms with E-state index in [4.69, 9.17) is 0 Å². The molecule has 1 aliphatic carbocycles. The van der Waals surface area contributed by atoms with Crippen LogP contribution in [0.5, 0.6) is 0 Å². The lowest BCUT2D eigenvalue weighted by Gasteiger charge is -2.32. The molecule has 1 saturated carbocycles. The smallest absolute Gasteiger partial charge is 0.230 e. The van der Waals surface area contributed by atoms with Crippen LogP contribution in [-0.4, -0.2) is 70.0 Å². The van der Waals surface area contributed by atoms with Crippen LogP contribution in [0.1, 0.15) is 37.3 Å². The van der Waals surface area contributed by atoms with Gasteiger partial charge in [0.15, 0.2) is 5.96 Å². The minimum Gasteiger partial charge on any atom is -0.355 e. The van der Waals surface area contributed by atoms with Crippen LogP contribution in [0.2, 0.25) is 0 Å². The maximum atomic E-state index is 13.2. The van der Waals surface area contributed by atoms with Gasteiger partial charge in [-0.15, -0.1) is 0 Å². The van der Waals surface area contributed by atoms with Crippen molar-refractivity contribution in [3.05, 3.63) is 35.6 Å². The van der Waals surface area contributed by atoms with Crippen molar-refractivity contribution in [2.45, 2.75) is 31.7 Å². The number of guanidine groups is 1. The summed E-state index contributed by atoms with van der Waals surface area (Å²) in [5, 5.41) is 6.71. The Balaban J connectivity index is 1.99. The Morgan fingerprint density at radius 2 is 1.75 bits per heavy atom. The maximum Gasteiger partial charge on any atom is 0.230 e. The molecule has 0 heterocycles. The van der Waals surface area contributed by atoms with Crippen molar-refractivity contribution < 1.29 is 9.18 Å². The molecule has 1 amide bonds. The number of benzene rings is 1. The quantitative estimate of drug-likeness (QED) is 0.553. The van der Waals surface area contributed by atoms with E-state index in [2.05, 4.69) is 20.5 Å². The van der Waals surface area contributed by atoms with E-state index in [1.54, 1.807) is 24.1 Å². The molecule has 1 atom stereocenters. The number of nitrogens with one attached hydrogen (secondary N) is 2. The Kier molecular flexibility index (Phi) is 7.80. The maximum absolute atomic E-state index is 13.2. The van der Waals surface area contributed by atoms with Gasteiger partial charge < -0.3 is 20.4 Å². The van der Waals surface area contributed by atoms with Gasteiger partial charge in [-0.3, -0.25) is 9.79 Å². The second-order valence-electron chi connectivity index (χ2n) is 8.02. The summed E-state index contributed by atoms with van der Waals surface area (Å²) in [7, 11) is 9.36. The Labute approximate surface area is 168 Å². The van der Waals surface area contributed by atoms with Crippen molar-refractivity contribution in [3.8, 4) is 0 Å². The Hall–Kier alpha value is -2.15. The van der Waals surface area contributed by atoms with E-state index in [9.17, 15) is 9.18 Å². The molecule has 0 spiro atoms. The molecule has 1 aliphatic rings. The number of hydrogen-bond acceptors (Lipinski definition) is 3. The Morgan fingerprint density at radius 3 is 2.25 bits per heavy atom. The largest absolute Gasteiger partial charge is 0.355 e. The van der Waals surface area contributed by atoms with Crippen molar-refractivity contribution in [3.63, 3.8) is 0 Å². The van der Waals surface area contributed by atoms with Crippen molar-refractivity contribution in [1.82, 2.24) is 20.4 Å². The highest BCUT2D eigenvalue weighted by Crippen LogP contribution is 2.38. The summed E-state index contributed by atoms with van der Waals surface area (Å²) in [6.45, 7) is 1.19. The molecule has 156 valence electrons. The predicted molar refractivity (Wildman–Crippen MR) is 112 cm³/mol. The van der Waals surface area contributed by atoms with E-state index >= 15 is 0 Å². The highest BCUT2D eigenvalue weighted by atomic mass is 19.1. The van der Waals surface area contributed by atoms with Gasteiger partial charge in [0.25, 0.3) is 0 Å². The normalized spacial score (nSPS) is 17.5. The molecule has 1 fully saturated rings. The van der Waals surface area contributed by atoms with E-state index in [0.29, 0.717) is 19.0 Å². The Bertz CT molecular complexity index is 666. The Morgan fingerprint density at radius 1 is 1.14 bits per heavy atom. The number of hydrogen-bond donors (Lipinski definition) is 2. The minimum atomic E-state index is -0.348. The molecule has 0 bridgehead atoms. The number of amides is 1. The molecule has 7 heteroatoms. The van der Waals surface area contributed by atoms with Crippen LogP contribution in [0.3, 0.4) is 0 Å². The first-order valence-corrected chi connectivity index (χ1v) is 9.87. The molecule has 1 aromatic carbocycles. The van der Waals surface area contributed by atoms with Crippen LogP contribution < -0.4 is 10.6 Å². The van der Waals surface area contributed by atoms with Crippen molar-refractivity contribution in [1.29, 1.82) is 0 Å². The number of likely N-dealkylation sites (N-methyl/N-ethyl adjacent to an activating group) is 1. The standard InChI is InChI=1S/C21H34FN5O/c1-23-20(25-15-21(12-6-7-13-21)19(28)27(4)5)24-14-18(26(2)3)16-8-10-17(22)11-9-16/h8-11,18H,6-7,12-15H2,1-5H3,(H2,23,24,25). The average molecular weight is 392 g/mol. The van der Waals surface area contributed by atoms with E-state index in [1.807, 2.05) is 28.2 Å². The molecule has 0 saturated heterocycles. The molecular formula is C21H34FN5O. The lowest BCUT2D eigenvalue weighted by atomic mass is 9.84. The highest BCUT2D eigenvalue weighted by Gasteiger charge is 2.42. The first kappa shape index (κ1) is 22.1. The molecule has 0 radical (unpaired) electrons. The molecule has 6 nitrogen and oxygen atoms in total. The summed E-state index contributed by atoms with van der Waals surface area (Å²) in [5.41, 5.74) is 0.684. The zero-order valence-corrected chi connectivity index (χ0v) is 17.8. The number of carbonyl (C=O) groups is 1. The highest BCUT2D eigenvalue weighted by molar-refractivity contribution is 5.85. The first-order valence-electron chi connectivity index (χ1n) is 9.87. The van der Waals surface area contributed by atoms with Gasteiger partial charge in [0.1, 0.15) is 5.82 Å². The average Bonchev–Trinajstić information content (AvgIpc) is 3.14. The van der Waals surface area contributed by atoms with Gasteiger partial charge in [-0.1, -0.05) is 25.0 Å².